The van der Waals surface area contributed by atoms with E-state index in [-0.39, 0.29) is 5.69 Å². The summed E-state index contributed by atoms with van der Waals surface area (Å²) in [4.78, 5) is 10.9. The molecule has 0 aromatic heterocycles. The van der Waals surface area contributed by atoms with Gasteiger partial charge in [-0.25, -0.2) is 4.39 Å². The van der Waals surface area contributed by atoms with E-state index in [4.69, 9.17) is 5.21 Å². The number of carbonyl (C=O) groups is 1. The normalized spacial score (nSPS) is 10.4. The maximum atomic E-state index is 13.0. The van der Waals surface area contributed by atoms with E-state index in [2.05, 4.69) is 26.4 Å². The Bertz CT molecular complexity index is 382. The van der Waals surface area contributed by atoms with Crippen molar-refractivity contribution in [1.29, 1.82) is 0 Å². The van der Waals surface area contributed by atoms with E-state index < -0.39 is 11.7 Å². The van der Waals surface area contributed by atoms with Gasteiger partial charge >= 0.3 is 0 Å². The van der Waals surface area contributed by atoms with Crippen LogP contribution in [0.5, 0.6) is 0 Å². The molecular formula is C8H6BrFN2O2. The molecule has 0 bridgehead atoms. The van der Waals surface area contributed by atoms with Crippen molar-refractivity contribution >= 4 is 33.7 Å². The predicted octanol–water partition coefficient (Wildman–Crippen LogP) is 1.99. The highest BCUT2D eigenvalue weighted by Gasteiger charge is 2.05. The third-order valence-corrected chi connectivity index (χ3v) is 1.85. The zero-order valence-corrected chi connectivity index (χ0v) is 8.45. The van der Waals surface area contributed by atoms with Gasteiger partial charge in [0.15, 0.2) is 0 Å². The van der Waals surface area contributed by atoms with Gasteiger partial charge in [0, 0.05) is 4.47 Å². The minimum absolute atomic E-state index is 0.0178. The lowest BCUT2D eigenvalue weighted by molar-refractivity contribution is -0.110. The fourth-order valence-electron chi connectivity index (χ4n) is 0.811. The quantitative estimate of drug-likeness (QED) is 0.485. The maximum absolute atomic E-state index is 13.0. The molecule has 0 aliphatic heterocycles. The summed E-state index contributed by atoms with van der Waals surface area (Å²) in [5.74, 6) is -1.27. The van der Waals surface area contributed by atoms with Gasteiger partial charge < -0.3 is 10.5 Å². The van der Waals surface area contributed by atoms with E-state index in [0.29, 0.717) is 10.7 Å². The van der Waals surface area contributed by atoms with Crippen molar-refractivity contribution in [3.05, 3.63) is 28.5 Å². The van der Waals surface area contributed by atoms with Crippen LogP contribution in [0.2, 0.25) is 0 Å². The zero-order valence-electron chi connectivity index (χ0n) is 6.87. The number of amides is 1. The molecule has 0 fully saturated rings. The van der Waals surface area contributed by atoms with Crippen LogP contribution in [0.25, 0.3) is 0 Å². The molecule has 0 radical (unpaired) electrons. The first-order valence-electron chi connectivity index (χ1n) is 3.57. The summed E-state index contributed by atoms with van der Waals surface area (Å²) in [6.07, 6.45) is 0.639. The number of carbonyl (C=O) groups excluding carboxylic acids is 1. The minimum atomic E-state index is -0.704. The summed E-state index contributed by atoms with van der Waals surface area (Å²) in [7, 11) is 0. The first kappa shape index (κ1) is 10.6. The molecule has 74 valence electrons. The molecule has 1 amide bonds. The molecule has 1 aromatic carbocycles. The molecule has 0 unspecified atom stereocenters. The van der Waals surface area contributed by atoms with Crippen LogP contribution >= 0.6 is 15.9 Å². The van der Waals surface area contributed by atoms with E-state index in [1.807, 2.05) is 0 Å². The number of nitrogens with zero attached hydrogens (tertiary/aromatic N) is 1. The lowest BCUT2D eigenvalue weighted by atomic mass is 10.3. The van der Waals surface area contributed by atoms with Gasteiger partial charge in [-0.3, -0.25) is 4.79 Å². The topological polar surface area (TPSA) is 61.7 Å². The number of hydrogen-bond donors (Lipinski definition) is 2. The molecule has 6 heteroatoms. The van der Waals surface area contributed by atoms with Gasteiger partial charge in [-0.15, -0.1) is 0 Å². The highest BCUT2D eigenvalue weighted by molar-refractivity contribution is 9.10. The highest BCUT2D eigenvalue weighted by atomic mass is 79.9. The molecule has 0 saturated carbocycles. The fraction of sp³-hybridized carbons (Fsp3) is 0. The highest BCUT2D eigenvalue weighted by Crippen LogP contribution is 2.19. The molecule has 0 saturated heterocycles. The van der Waals surface area contributed by atoms with Crippen molar-refractivity contribution in [3.8, 4) is 0 Å². The second-order valence-electron chi connectivity index (χ2n) is 2.36. The molecule has 14 heavy (non-hydrogen) atoms. The molecule has 0 heterocycles. The SMILES string of the molecule is O=C(/C=N\O)Nc1cc(Br)ccc1F. The average Bonchev–Trinajstić information content (AvgIpc) is 2.12. The Labute approximate surface area is 87.5 Å². The maximum Gasteiger partial charge on any atom is 0.270 e. The third kappa shape index (κ3) is 2.81. The van der Waals surface area contributed by atoms with Crippen molar-refractivity contribution < 1.29 is 14.4 Å². The van der Waals surface area contributed by atoms with Gasteiger partial charge in [-0.2, -0.15) is 0 Å². The van der Waals surface area contributed by atoms with Gasteiger partial charge in [0.2, 0.25) is 0 Å². The van der Waals surface area contributed by atoms with Crippen LogP contribution in [-0.2, 0) is 4.79 Å². The van der Waals surface area contributed by atoms with Crippen LogP contribution in [0, 0.1) is 5.82 Å². The Morgan fingerprint density at radius 3 is 3.00 bits per heavy atom. The van der Waals surface area contributed by atoms with Crippen LogP contribution in [-0.4, -0.2) is 17.3 Å². The third-order valence-electron chi connectivity index (χ3n) is 1.36. The largest absolute Gasteiger partial charge is 0.411 e. The van der Waals surface area contributed by atoms with E-state index in [1.165, 1.54) is 18.2 Å². The number of rotatable bonds is 2. The molecular weight excluding hydrogens is 255 g/mol. The Kier molecular flexibility index (Phi) is 3.58. The molecule has 4 nitrogen and oxygen atoms in total. The van der Waals surface area contributed by atoms with Crippen molar-refractivity contribution in [2.75, 3.05) is 5.32 Å². The van der Waals surface area contributed by atoms with E-state index >= 15 is 0 Å². The Morgan fingerprint density at radius 1 is 1.64 bits per heavy atom. The van der Waals surface area contributed by atoms with Crippen LogP contribution in [0.3, 0.4) is 0 Å². The van der Waals surface area contributed by atoms with Crippen LogP contribution < -0.4 is 5.32 Å². The van der Waals surface area contributed by atoms with Crippen LogP contribution in [0.4, 0.5) is 10.1 Å². The molecule has 0 aliphatic rings. The van der Waals surface area contributed by atoms with Gasteiger partial charge in [0.25, 0.3) is 5.91 Å². The second kappa shape index (κ2) is 4.71. The van der Waals surface area contributed by atoms with E-state index in [0.717, 1.165) is 0 Å². The van der Waals surface area contributed by atoms with Gasteiger partial charge in [-0.05, 0) is 18.2 Å². The first-order chi connectivity index (χ1) is 6.63. The Balaban J connectivity index is 2.85. The zero-order chi connectivity index (χ0) is 10.6. The van der Waals surface area contributed by atoms with Crippen LogP contribution in [0.1, 0.15) is 0 Å². The van der Waals surface area contributed by atoms with Crippen molar-refractivity contribution in [2.45, 2.75) is 0 Å². The summed E-state index contributed by atoms with van der Waals surface area (Å²) in [6.45, 7) is 0. The number of hydrogen-bond acceptors (Lipinski definition) is 3. The van der Waals surface area contributed by atoms with E-state index in [9.17, 15) is 9.18 Å². The molecule has 1 aromatic rings. The van der Waals surface area contributed by atoms with Crippen molar-refractivity contribution in [2.24, 2.45) is 5.16 Å². The van der Waals surface area contributed by atoms with Crippen molar-refractivity contribution in [3.63, 3.8) is 0 Å². The summed E-state index contributed by atoms with van der Waals surface area (Å²) in [6, 6.07) is 4.11. The standard InChI is InChI=1S/C8H6BrFN2O2/c9-5-1-2-6(10)7(3-5)12-8(13)4-11-14/h1-4,14H,(H,12,13)/b11-4-. The molecule has 2 N–H and O–H groups in total. The van der Waals surface area contributed by atoms with Gasteiger partial charge in [0.1, 0.15) is 12.0 Å². The fourth-order valence-corrected chi connectivity index (χ4v) is 1.17. The second-order valence-corrected chi connectivity index (χ2v) is 3.27. The minimum Gasteiger partial charge on any atom is -0.411 e. The number of oxime groups is 1. The number of nitrogens with one attached hydrogen (secondary N) is 1. The number of benzene rings is 1. The Hall–Kier alpha value is -1.43. The molecule has 0 aliphatic carbocycles. The summed E-state index contributed by atoms with van der Waals surface area (Å²) in [5.41, 5.74) is 0.0178. The smallest absolute Gasteiger partial charge is 0.270 e. The first-order valence-corrected chi connectivity index (χ1v) is 4.36. The Morgan fingerprint density at radius 2 is 2.36 bits per heavy atom. The summed E-state index contributed by atoms with van der Waals surface area (Å²) < 4.78 is 13.7. The molecule has 0 spiro atoms. The lowest BCUT2D eigenvalue weighted by Gasteiger charge is -2.03. The summed E-state index contributed by atoms with van der Waals surface area (Å²) >= 11 is 3.12. The predicted molar refractivity (Wildman–Crippen MR) is 53.0 cm³/mol. The van der Waals surface area contributed by atoms with Crippen molar-refractivity contribution in [1.82, 2.24) is 0 Å². The van der Waals surface area contributed by atoms with Gasteiger partial charge in [0.05, 0.1) is 5.69 Å². The van der Waals surface area contributed by atoms with Crippen LogP contribution in [0.15, 0.2) is 27.8 Å². The van der Waals surface area contributed by atoms with Gasteiger partial charge in [-0.1, -0.05) is 21.1 Å². The lowest BCUT2D eigenvalue weighted by Crippen LogP contribution is -2.13. The molecule has 0 atom stereocenters. The number of anilines is 1. The number of halogens is 2. The average molecular weight is 261 g/mol. The monoisotopic (exact) mass is 260 g/mol. The molecule has 1 rings (SSSR count). The summed E-state index contributed by atoms with van der Waals surface area (Å²) in [5, 5.41) is 12.8. The van der Waals surface area contributed by atoms with E-state index in [1.54, 1.807) is 0 Å².